The zero-order chi connectivity index (χ0) is 72.4. The van der Waals surface area contributed by atoms with Gasteiger partial charge in [-0.1, -0.05) is 107 Å². The second-order valence-corrected chi connectivity index (χ2v) is 32.4. The molecule has 20 nitrogen and oxygen atoms in total. The molecule has 0 saturated carbocycles. The number of rotatable bonds is 41. The number of anilines is 2. The first-order valence-corrected chi connectivity index (χ1v) is 39.3. The third-order valence-corrected chi connectivity index (χ3v) is 21.0. The summed E-state index contributed by atoms with van der Waals surface area (Å²) >= 11 is 2.36. The molecule has 0 saturated heterocycles. The van der Waals surface area contributed by atoms with Crippen molar-refractivity contribution in [3.63, 3.8) is 0 Å². The fourth-order valence-corrected chi connectivity index (χ4v) is 15.5. The Balaban J connectivity index is 0.742. The lowest BCUT2D eigenvalue weighted by Gasteiger charge is -2.29. The SMILES string of the molecule is Cc1nn(-c2ccc(C(N)=O)c(NCCCOCCOCCOCCOCCOCCCN(Cc3ccc(C(C=CC4=[N+](CCCCS(=O)(=O)O)c5ccccc5C4(C)C)=CC=C4N(CCCCS(=O)(=O)[O-])c5ccccc5C4(C)C)cc3)Cc3cccc(I)c3)c2)c2c1C(=O)CC(C)(C)C2. The van der Waals surface area contributed by atoms with E-state index in [1.165, 1.54) is 14.7 Å². The fourth-order valence-electron chi connectivity index (χ4n) is 13.8. The second kappa shape index (κ2) is 36.1. The monoisotopic (exact) mass is 1530 g/mol. The molecule has 0 unspecified atom stereocenters. The maximum atomic E-state index is 13.0. The number of halogens is 1. The zero-order valence-corrected chi connectivity index (χ0v) is 63.3. The molecule has 23 heteroatoms. The van der Waals surface area contributed by atoms with E-state index in [-0.39, 0.29) is 23.4 Å². The molecule has 3 aliphatic rings. The van der Waals surface area contributed by atoms with Crippen LogP contribution >= 0.6 is 22.6 Å². The number of nitrogens with one attached hydrogen (secondary N) is 1. The number of hydrogen-bond acceptors (Lipinski definition) is 16. The molecule has 544 valence electrons. The maximum absolute atomic E-state index is 13.0. The highest BCUT2D eigenvalue weighted by Crippen LogP contribution is 2.48. The topological polar surface area (TPSA) is 257 Å². The van der Waals surface area contributed by atoms with Crippen molar-refractivity contribution in [3.8, 4) is 5.69 Å². The third-order valence-electron chi connectivity index (χ3n) is 18.8. The predicted molar refractivity (Wildman–Crippen MR) is 406 cm³/mol. The summed E-state index contributed by atoms with van der Waals surface area (Å²) in [6, 6.07) is 39.3. The number of Topliss-reactive ketones (excluding diaryl/α,β-unsaturated/α-hetero) is 1. The van der Waals surface area contributed by atoms with Crippen molar-refractivity contribution in [3.05, 3.63) is 199 Å². The minimum Gasteiger partial charge on any atom is -0.748 e. The van der Waals surface area contributed by atoms with Gasteiger partial charge in [0.25, 0.3) is 16.0 Å². The largest absolute Gasteiger partial charge is 0.748 e. The lowest BCUT2D eigenvalue weighted by Crippen LogP contribution is -2.28. The van der Waals surface area contributed by atoms with Gasteiger partial charge < -0.3 is 44.2 Å². The molecule has 2 aliphatic heterocycles. The van der Waals surface area contributed by atoms with E-state index in [4.69, 9.17) is 34.5 Å². The number of nitrogens with two attached hydrogens (primary N) is 1. The molecule has 0 bridgehead atoms. The molecule has 6 aromatic rings. The van der Waals surface area contributed by atoms with E-state index in [2.05, 4.69) is 181 Å². The molecule has 3 heterocycles. The summed E-state index contributed by atoms with van der Waals surface area (Å²) in [5, 5.41) is 8.07. The van der Waals surface area contributed by atoms with Gasteiger partial charge in [0.1, 0.15) is 6.54 Å². The minimum atomic E-state index is -4.35. The predicted octanol–water partition coefficient (Wildman–Crippen LogP) is 12.7. The van der Waals surface area contributed by atoms with Crippen LogP contribution in [-0.2, 0) is 74.3 Å². The number of allylic oxidation sites excluding steroid dienone is 6. The van der Waals surface area contributed by atoms with Crippen molar-refractivity contribution in [1.29, 1.82) is 0 Å². The van der Waals surface area contributed by atoms with E-state index in [0.29, 0.717) is 153 Å². The van der Waals surface area contributed by atoms with E-state index in [1.54, 1.807) is 6.07 Å². The van der Waals surface area contributed by atoms with Gasteiger partial charge in [0.05, 0.1) is 102 Å². The number of aromatic nitrogens is 2. The summed E-state index contributed by atoms with van der Waals surface area (Å²) in [5.41, 5.74) is 19.7. The zero-order valence-electron chi connectivity index (χ0n) is 59.5. The van der Waals surface area contributed by atoms with E-state index >= 15 is 0 Å². The first-order valence-electron chi connectivity index (χ1n) is 35.0. The van der Waals surface area contributed by atoms with Gasteiger partial charge in [-0.3, -0.25) is 19.0 Å². The standard InChI is InChI=1S/C78H100IN7O13S2/c1-57-74-70(53-76(2,3)54-71(74)87)86(82-57)63-31-32-64(75(80)88)67(52-63)81-35-17-39-95-41-43-97-45-47-99-48-46-98-44-42-96-40-18-36-83(56-59-19-16-20-62(79)51-59)55-58-25-27-60(28-26-58)61(29-33-72-77(4,5)65-21-8-10-23-68(65)84(72)37-12-14-49-100(89,90)91)30-34-73-78(6,7)66-22-9-11-24-69(66)85(73)38-13-15-50-101(92,93)94/h8-11,16,19-34,51-52H,12-15,17-18,35-50,53-56H2,1-7H3,(H4-,80,81,88,89,90,91,92,93,94). The van der Waals surface area contributed by atoms with Gasteiger partial charge in [-0.25, -0.2) is 13.1 Å². The van der Waals surface area contributed by atoms with Crippen molar-refractivity contribution in [2.75, 3.05) is 114 Å². The van der Waals surface area contributed by atoms with Crippen molar-refractivity contribution in [2.45, 2.75) is 124 Å². The first-order chi connectivity index (χ1) is 48.2. The van der Waals surface area contributed by atoms with E-state index in [1.807, 2.05) is 48.0 Å². The fraction of sp³-hybridized carbons (Fsp3) is 0.462. The Morgan fingerprint density at radius 2 is 1.36 bits per heavy atom. The van der Waals surface area contributed by atoms with Crippen LogP contribution in [0.1, 0.15) is 146 Å². The van der Waals surface area contributed by atoms with Gasteiger partial charge in [0.2, 0.25) is 5.69 Å². The smallest absolute Gasteiger partial charge is 0.264 e. The van der Waals surface area contributed by atoms with Gasteiger partial charge >= 0.3 is 0 Å². The Kier molecular flexibility index (Phi) is 28.0. The van der Waals surface area contributed by atoms with Gasteiger partial charge in [-0.2, -0.15) is 18.1 Å². The molecule has 9 rings (SSSR count). The number of carbonyl (C=O) groups excluding carboxylic acids is 2. The number of unbranched alkanes of at least 4 members (excludes halogenated alkanes) is 2. The normalized spacial score (nSPS) is 16.1. The van der Waals surface area contributed by atoms with Crippen LogP contribution < -0.4 is 16.0 Å². The molecule has 5 aromatic carbocycles. The van der Waals surface area contributed by atoms with Crippen molar-refractivity contribution >= 4 is 82.9 Å². The molecule has 0 radical (unpaired) electrons. The molecule has 0 spiro atoms. The van der Waals surface area contributed by atoms with E-state index in [0.717, 1.165) is 75.9 Å². The number of fused-ring (bicyclic) bond motifs is 3. The van der Waals surface area contributed by atoms with Crippen LogP contribution in [0.4, 0.5) is 17.1 Å². The summed E-state index contributed by atoms with van der Waals surface area (Å²) in [7, 11) is -8.44. The molecule has 0 fully saturated rings. The van der Waals surface area contributed by atoms with E-state index < -0.39 is 42.7 Å². The Morgan fingerprint density at radius 3 is 2.02 bits per heavy atom. The molecule has 4 N–H and O–H groups in total. The molecular formula is C78H100IN7O13S2. The van der Waals surface area contributed by atoms with Crippen molar-refractivity contribution in [2.24, 2.45) is 11.1 Å². The molecular weight excluding hydrogens is 1430 g/mol. The number of para-hydroxylation sites is 2. The number of ether oxygens (including phenoxy) is 5. The molecule has 1 aromatic heterocycles. The molecule has 1 aliphatic carbocycles. The average molecular weight is 1530 g/mol. The number of nitrogens with zero attached hydrogens (tertiary/aromatic N) is 5. The summed E-state index contributed by atoms with van der Waals surface area (Å²) in [6.07, 6.45) is 13.0. The highest BCUT2D eigenvalue weighted by molar-refractivity contribution is 14.1. The number of aryl methyl sites for hydroxylation is 1. The van der Waals surface area contributed by atoms with Gasteiger partial charge in [-0.05, 0) is 164 Å². The third kappa shape index (κ3) is 22.1. The average Bonchev–Trinajstić information content (AvgIpc) is 1.62. The number of primary amides is 1. The van der Waals surface area contributed by atoms with Crippen LogP contribution in [0.2, 0.25) is 0 Å². The lowest BCUT2D eigenvalue weighted by atomic mass is 9.75. The number of benzene rings is 5. The Labute approximate surface area is 611 Å². The van der Waals surface area contributed by atoms with Crippen LogP contribution in [-0.4, -0.2) is 166 Å². The molecule has 1 amide bonds. The number of amides is 1. The maximum Gasteiger partial charge on any atom is 0.264 e. The highest BCUT2D eigenvalue weighted by Gasteiger charge is 2.44. The minimum absolute atomic E-state index is 0.106. The highest BCUT2D eigenvalue weighted by atomic mass is 127. The van der Waals surface area contributed by atoms with Crippen LogP contribution in [0.5, 0.6) is 0 Å². The van der Waals surface area contributed by atoms with Crippen molar-refractivity contribution < 1.29 is 63.8 Å². The van der Waals surface area contributed by atoms with Crippen LogP contribution in [0.15, 0.2) is 145 Å². The number of ketones is 1. The lowest BCUT2D eigenvalue weighted by molar-refractivity contribution is -0.438. The summed E-state index contributed by atoms with van der Waals surface area (Å²) in [4.78, 5) is 30.1. The van der Waals surface area contributed by atoms with Crippen LogP contribution in [0, 0.1) is 15.9 Å². The Bertz CT molecular complexity index is 4200. The summed E-state index contributed by atoms with van der Waals surface area (Å²) in [5.74, 6) is -1.14. The van der Waals surface area contributed by atoms with Crippen LogP contribution in [0.3, 0.4) is 0 Å². The molecule has 0 atom stereocenters. The van der Waals surface area contributed by atoms with Gasteiger partial charge in [0, 0.05) is 108 Å². The van der Waals surface area contributed by atoms with E-state index in [9.17, 15) is 35.5 Å². The number of hydrogen-bond donors (Lipinski definition) is 3. The Morgan fingerprint density at radius 1 is 0.723 bits per heavy atom. The quantitative estimate of drug-likeness (QED) is 0.0106. The van der Waals surface area contributed by atoms with Crippen molar-refractivity contribution in [1.82, 2.24) is 14.7 Å². The molecule has 101 heavy (non-hydrogen) atoms. The summed E-state index contributed by atoms with van der Waals surface area (Å²) in [6.45, 7) is 23.3. The second-order valence-electron chi connectivity index (χ2n) is 28.0. The first kappa shape index (κ1) is 78.4. The van der Waals surface area contributed by atoms with Gasteiger partial charge in [-0.15, -0.1) is 0 Å². The number of carbonyl (C=O) groups is 2. The Hall–Kier alpha value is -6.75. The summed E-state index contributed by atoms with van der Waals surface area (Å²) < 4.78 is 102. The van der Waals surface area contributed by atoms with Gasteiger partial charge in [0.15, 0.2) is 11.5 Å². The van der Waals surface area contributed by atoms with Crippen LogP contribution in [0.25, 0.3) is 11.3 Å².